The van der Waals surface area contributed by atoms with Gasteiger partial charge < -0.3 is 10.6 Å². The van der Waals surface area contributed by atoms with Crippen LogP contribution in [0.15, 0.2) is 61.3 Å². The van der Waals surface area contributed by atoms with E-state index < -0.39 is 29.4 Å². The Morgan fingerprint density at radius 3 is 2.43 bits per heavy atom. The lowest BCUT2D eigenvalue weighted by atomic mass is 10.0. The molecule has 0 spiro atoms. The molecule has 13 heteroatoms. The normalized spacial score (nSPS) is 14.1. The minimum atomic E-state index is -4.49. The first-order chi connectivity index (χ1) is 17.5. The number of benzene rings is 1. The molecule has 0 saturated carbocycles. The molecule has 0 radical (unpaired) electrons. The van der Waals surface area contributed by atoms with Crippen LogP contribution in [-0.4, -0.2) is 54.3 Å². The quantitative estimate of drug-likeness (QED) is 0.314. The maximum absolute atomic E-state index is 13.3. The Kier molecular flexibility index (Phi) is 5.77. The number of nitrogens with zero attached hydrogens (tertiary/aromatic N) is 6. The fourth-order valence-corrected chi connectivity index (χ4v) is 4.27. The molecule has 1 aliphatic heterocycles. The third kappa shape index (κ3) is 4.43. The molecule has 0 aliphatic carbocycles. The van der Waals surface area contributed by atoms with Gasteiger partial charge in [-0.05, 0) is 18.2 Å². The number of aromatic nitrogens is 5. The lowest BCUT2D eigenvalue weighted by Gasteiger charge is -2.39. The van der Waals surface area contributed by atoms with Gasteiger partial charge in [0.05, 0.1) is 23.3 Å². The first-order valence-corrected chi connectivity index (χ1v) is 11.0. The van der Waals surface area contributed by atoms with Crippen LogP contribution >= 0.6 is 0 Å². The van der Waals surface area contributed by atoms with Crippen molar-refractivity contribution in [3.8, 4) is 22.4 Å². The van der Waals surface area contributed by atoms with Crippen LogP contribution in [0.2, 0.25) is 0 Å². The SMILES string of the molecule is C=C(F)C(=O)N1CC(n2nc(-c3ccc(C(F)(F)F)cc3)c3nccc(-c4cnn(CC(N)=O)c4)c32)C1. The largest absolute Gasteiger partial charge is 0.416 e. The highest BCUT2D eigenvalue weighted by Crippen LogP contribution is 2.38. The van der Waals surface area contributed by atoms with Gasteiger partial charge in [0.2, 0.25) is 5.91 Å². The molecule has 1 fully saturated rings. The lowest BCUT2D eigenvalue weighted by molar-refractivity contribution is -0.137. The molecule has 1 saturated heterocycles. The molecule has 4 heterocycles. The number of alkyl halides is 3. The van der Waals surface area contributed by atoms with Crippen LogP contribution in [0.25, 0.3) is 33.4 Å². The summed E-state index contributed by atoms with van der Waals surface area (Å²) in [5.74, 6) is -2.46. The molecular formula is C24H19F4N7O2. The molecule has 1 aromatic carbocycles. The number of nitrogens with two attached hydrogens (primary N) is 1. The zero-order chi connectivity index (χ0) is 26.5. The predicted molar refractivity (Wildman–Crippen MR) is 124 cm³/mol. The zero-order valence-corrected chi connectivity index (χ0v) is 19.1. The van der Waals surface area contributed by atoms with Crippen molar-refractivity contribution in [2.45, 2.75) is 18.8 Å². The second-order valence-corrected chi connectivity index (χ2v) is 8.59. The molecule has 2 amide bonds. The van der Waals surface area contributed by atoms with Gasteiger partial charge in [-0.3, -0.25) is 23.9 Å². The summed E-state index contributed by atoms with van der Waals surface area (Å²) in [6, 6.07) is 5.93. The second-order valence-electron chi connectivity index (χ2n) is 8.59. The van der Waals surface area contributed by atoms with Crippen LogP contribution in [0, 0.1) is 0 Å². The van der Waals surface area contributed by atoms with Crippen molar-refractivity contribution in [1.82, 2.24) is 29.4 Å². The van der Waals surface area contributed by atoms with Crippen LogP contribution in [0.4, 0.5) is 17.6 Å². The van der Waals surface area contributed by atoms with Crippen molar-refractivity contribution in [3.05, 3.63) is 66.9 Å². The maximum Gasteiger partial charge on any atom is 0.416 e. The number of fused-ring (bicyclic) bond motifs is 1. The Labute approximate surface area is 206 Å². The summed E-state index contributed by atoms with van der Waals surface area (Å²) in [6.07, 6.45) is 0.208. The molecule has 190 valence electrons. The number of rotatable bonds is 6. The number of primary amides is 1. The maximum atomic E-state index is 13.3. The number of amides is 2. The number of carbonyl (C=O) groups is 2. The van der Waals surface area contributed by atoms with Gasteiger partial charge in [0, 0.05) is 42.2 Å². The number of carbonyl (C=O) groups excluding carboxylic acids is 2. The number of hydrogen-bond acceptors (Lipinski definition) is 5. The molecule has 0 bridgehead atoms. The highest BCUT2D eigenvalue weighted by Gasteiger charge is 2.36. The minimum absolute atomic E-state index is 0.128. The summed E-state index contributed by atoms with van der Waals surface area (Å²) in [6.45, 7) is 3.22. The van der Waals surface area contributed by atoms with E-state index in [0.29, 0.717) is 33.4 Å². The first kappa shape index (κ1) is 24.2. The van der Waals surface area contributed by atoms with Gasteiger partial charge in [0.1, 0.15) is 17.8 Å². The van der Waals surface area contributed by atoms with Gasteiger partial charge in [-0.25, -0.2) is 4.39 Å². The monoisotopic (exact) mass is 513 g/mol. The average Bonchev–Trinajstić information content (AvgIpc) is 3.42. The average molecular weight is 513 g/mol. The van der Waals surface area contributed by atoms with Crippen molar-refractivity contribution in [2.24, 2.45) is 5.73 Å². The Morgan fingerprint density at radius 2 is 1.81 bits per heavy atom. The van der Waals surface area contributed by atoms with Crippen molar-refractivity contribution >= 4 is 22.8 Å². The first-order valence-electron chi connectivity index (χ1n) is 11.0. The fourth-order valence-electron chi connectivity index (χ4n) is 4.27. The van der Waals surface area contributed by atoms with E-state index in [4.69, 9.17) is 5.73 Å². The molecule has 1 aliphatic rings. The van der Waals surface area contributed by atoms with Crippen molar-refractivity contribution < 1.29 is 27.2 Å². The van der Waals surface area contributed by atoms with Gasteiger partial charge in [-0.1, -0.05) is 18.7 Å². The van der Waals surface area contributed by atoms with E-state index in [1.807, 2.05) is 0 Å². The van der Waals surface area contributed by atoms with Crippen LogP contribution in [0.3, 0.4) is 0 Å². The third-order valence-electron chi connectivity index (χ3n) is 6.06. The van der Waals surface area contributed by atoms with Crippen LogP contribution in [-0.2, 0) is 22.3 Å². The van der Waals surface area contributed by atoms with Crippen molar-refractivity contribution in [1.29, 1.82) is 0 Å². The second kappa shape index (κ2) is 8.84. The molecule has 0 unspecified atom stereocenters. The smallest absolute Gasteiger partial charge is 0.368 e. The predicted octanol–water partition coefficient (Wildman–Crippen LogP) is 3.33. The van der Waals surface area contributed by atoms with Crippen LogP contribution in [0.1, 0.15) is 11.6 Å². The van der Waals surface area contributed by atoms with Crippen LogP contribution < -0.4 is 5.73 Å². The molecule has 9 nitrogen and oxygen atoms in total. The summed E-state index contributed by atoms with van der Waals surface area (Å²) < 4.78 is 55.6. The molecule has 4 aromatic rings. The zero-order valence-electron chi connectivity index (χ0n) is 19.1. The van der Waals surface area contributed by atoms with Crippen LogP contribution in [0.5, 0.6) is 0 Å². The standard InChI is InChI=1S/C24H19F4N7O2/c1-13(25)23(37)33-10-17(11-33)35-22-18(15-8-31-34(9-15)12-19(29)36)6-7-30-21(22)20(32-35)14-2-4-16(5-3-14)24(26,27)28/h2-9,17H,1,10-12H2,(H2,29,36). The molecular weight excluding hydrogens is 494 g/mol. The third-order valence-corrected chi connectivity index (χ3v) is 6.06. The lowest BCUT2D eigenvalue weighted by Crippen LogP contribution is -2.51. The summed E-state index contributed by atoms with van der Waals surface area (Å²) >= 11 is 0. The van der Waals surface area contributed by atoms with E-state index in [-0.39, 0.29) is 25.7 Å². The molecule has 37 heavy (non-hydrogen) atoms. The van der Waals surface area contributed by atoms with Gasteiger partial charge in [-0.15, -0.1) is 0 Å². The van der Waals surface area contributed by atoms with Gasteiger partial charge >= 0.3 is 6.18 Å². The van der Waals surface area contributed by atoms with E-state index in [0.717, 1.165) is 12.1 Å². The van der Waals surface area contributed by atoms with Gasteiger partial charge in [-0.2, -0.15) is 23.4 Å². The summed E-state index contributed by atoms with van der Waals surface area (Å²) in [4.78, 5) is 29.0. The van der Waals surface area contributed by atoms with E-state index >= 15 is 0 Å². The summed E-state index contributed by atoms with van der Waals surface area (Å²) in [7, 11) is 0. The summed E-state index contributed by atoms with van der Waals surface area (Å²) in [5.41, 5.74) is 7.45. The highest BCUT2D eigenvalue weighted by molar-refractivity contribution is 5.99. The van der Waals surface area contributed by atoms with E-state index in [2.05, 4.69) is 21.8 Å². The van der Waals surface area contributed by atoms with Gasteiger partial charge in [0.15, 0.2) is 5.83 Å². The summed E-state index contributed by atoms with van der Waals surface area (Å²) in [5, 5.41) is 8.83. The minimum Gasteiger partial charge on any atom is -0.368 e. The molecule has 0 atom stereocenters. The molecule has 3 aromatic heterocycles. The Hall–Kier alpha value is -4.55. The van der Waals surface area contributed by atoms with Crippen molar-refractivity contribution in [3.63, 3.8) is 0 Å². The molecule has 5 rings (SSSR count). The highest BCUT2D eigenvalue weighted by atomic mass is 19.4. The van der Waals surface area contributed by atoms with Gasteiger partial charge in [0.25, 0.3) is 5.91 Å². The van der Waals surface area contributed by atoms with E-state index in [1.54, 1.807) is 16.9 Å². The fraction of sp³-hybridized carbons (Fsp3) is 0.208. The van der Waals surface area contributed by atoms with E-state index in [1.165, 1.54) is 34.1 Å². The Morgan fingerprint density at radius 1 is 1.11 bits per heavy atom. The number of hydrogen-bond donors (Lipinski definition) is 1. The van der Waals surface area contributed by atoms with Crippen molar-refractivity contribution in [2.75, 3.05) is 13.1 Å². The Balaban J connectivity index is 1.62. The van der Waals surface area contributed by atoms with E-state index in [9.17, 15) is 27.2 Å². The number of pyridine rings is 1. The Bertz CT molecular complexity index is 1530. The topological polar surface area (TPSA) is 112 Å². The number of likely N-dealkylation sites (tertiary alicyclic amines) is 1. The number of halogens is 4. The molecule has 2 N–H and O–H groups in total.